The van der Waals surface area contributed by atoms with Gasteiger partial charge in [0.15, 0.2) is 0 Å². The van der Waals surface area contributed by atoms with Gasteiger partial charge in [-0.25, -0.2) is 4.98 Å². The highest BCUT2D eigenvalue weighted by atomic mass is 16.5. The molecular formula is C15H22N2O3. The Hall–Kier alpha value is -1.62. The van der Waals surface area contributed by atoms with Crippen LogP contribution in [-0.2, 0) is 9.53 Å². The van der Waals surface area contributed by atoms with Crippen molar-refractivity contribution in [3.63, 3.8) is 0 Å². The second kappa shape index (κ2) is 6.70. The van der Waals surface area contributed by atoms with Crippen molar-refractivity contribution in [1.29, 1.82) is 0 Å². The van der Waals surface area contributed by atoms with Gasteiger partial charge in [0.1, 0.15) is 5.69 Å². The van der Waals surface area contributed by atoms with E-state index < -0.39 is 0 Å². The molecule has 1 aromatic heterocycles. The first-order chi connectivity index (χ1) is 9.65. The van der Waals surface area contributed by atoms with E-state index in [-0.39, 0.29) is 17.9 Å². The van der Waals surface area contributed by atoms with Gasteiger partial charge in [0.25, 0.3) is 0 Å². The van der Waals surface area contributed by atoms with Crippen LogP contribution in [0.3, 0.4) is 0 Å². The number of hydrogen-bond acceptors (Lipinski definition) is 4. The summed E-state index contributed by atoms with van der Waals surface area (Å²) in [7, 11) is 1.55. The number of carbonyl (C=O) groups is 1. The standard InChI is InChI=1S/C15H22N2O3/c1-4-13-11(6-5-7-20-13)14(18)17-12-8-10(2)9-16-15(12)19-3/h8-9,11,13H,4-7H2,1-3H3,(H,17,18). The summed E-state index contributed by atoms with van der Waals surface area (Å²) >= 11 is 0. The molecule has 0 bridgehead atoms. The Balaban J connectivity index is 2.12. The van der Waals surface area contributed by atoms with Crippen molar-refractivity contribution in [2.24, 2.45) is 5.92 Å². The van der Waals surface area contributed by atoms with Crippen molar-refractivity contribution in [1.82, 2.24) is 4.98 Å². The minimum absolute atomic E-state index is 0.00696. The third-order valence-corrected chi connectivity index (χ3v) is 3.62. The summed E-state index contributed by atoms with van der Waals surface area (Å²) in [4.78, 5) is 16.6. The number of hydrogen-bond donors (Lipinski definition) is 1. The number of anilines is 1. The van der Waals surface area contributed by atoms with Crippen LogP contribution >= 0.6 is 0 Å². The quantitative estimate of drug-likeness (QED) is 0.919. The molecule has 2 rings (SSSR count). The zero-order chi connectivity index (χ0) is 14.5. The van der Waals surface area contributed by atoms with Crippen molar-refractivity contribution in [2.75, 3.05) is 19.0 Å². The first kappa shape index (κ1) is 14.8. The van der Waals surface area contributed by atoms with Crippen molar-refractivity contribution in [3.8, 4) is 5.88 Å². The van der Waals surface area contributed by atoms with Gasteiger partial charge in [0.2, 0.25) is 11.8 Å². The minimum Gasteiger partial charge on any atom is -0.480 e. The summed E-state index contributed by atoms with van der Waals surface area (Å²) in [5.41, 5.74) is 1.60. The molecule has 1 N–H and O–H groups in total. The number of nitrogens with one attached hydrogen (secondary N) is 1. The van der Waals surface area contributed by atoms with E-state index in [1.165, 1.54) is 0 Å². The number of aryl methyl sites for hydroxylation is 1. The number of nitrogens with zero attached hydrogens (tertiary/aromatic N) is 1. The average Bonchev–Trinajstić information content (AvgIpc) is 2.47. The summed E-state index contributed by atoms with van der Waals surface area (Å²) in [6, 6.07) is 1.87. The van der Waals surface area contributed by atoms with Gasteiger partial charge in [-0.2, -0.15) is 0 Å². The van der Waals surface area contributed by atoms with Gasteiger partial charge in [-0.3, -0.25) is 4.79 Å². The number of methoxy groups -OCH3 is 1. The van der Waals surface area contributed by atoms with Crippen LogP contribution in [0.25, 0.3) is 0 Å². The molecule has 0 saturated carbocycles. The summed E-state index contributed by atoms with van der Waals surface area (Å²) in [6.45, 7) is 4.73. The second-order valence-corrected chi connectivity index (χ2v) is 5.12. The van der Waals surface area contributed by atoms with E-state index in [1.807, 2.05) is 19.9 Å². The highest BCUT2D eigenvalue weighted by Gasteiger charge is 2.31. The SMILES string of the molecule is CCC1OCCCC1C(=O)Nc1cc(C)cnc1OC. The minimum atomic E-state index is -0.0982. The van der Waals surface area contributed by atoms with E-state index in [4.69, 9.17) is 9.47 Å². The zero-order valence-electron chi connectivity index (χ0n) is 12.3. The summed E-state index contributed by atoms with van der Waals surface area (Å²) in [6.07, 6.45) is 4.37. The maximum Gasteiger partial charge on any atom is 0.237 e. The maximum atomic E-state index is 12.4. The van der Waals surface area contributed by atoms with Crippen LogP contribution in [0.5, 0.6) is 5.88 Å². The fourth-order valence-corrected chi connectivity index (χ4v) is 2.58. The molecule has 1 aliphatic rings. The lowest BCUT2D eigenvalue weighted by Gasteiger charge is -2.30. The largest absolute Gasteiger partial charge is 0.480 e. The smallest absolute Gasteiger partial charge is 0.237 e. The molecule has 1 aliphatic heterocycles. The number of pyridine rings is 1. The third-order valence-electron chi connectivity index (χ3n) is 3.62. The highest BCUT2D eigenvalue weighted by molar-refractivity contribution is 5.94. The molecule has 0 aliphatic carbocycles. The van der Waals surface area contributed by atoms with Crippen molar-refractivity contribution in [3.05, 3.63) is 17.8 Å². The fraction of sp³-hybridized carbons (Fsp3) is 0.600. The monoisotopic (exact) mass is 278 g/mol. The van der Waals surface area contributed by atoms with Crippen molar-refractivity contribution < 1.29 is 14.3 Å². The van der Waals surface area contributed by atoms with E-state index in [9.17, 15) is 4.79 Å². The molecule has 2 unspecified atom stereocenters. The van der Waals surface area contributed by atoms with Gasteiger partial charge in [0, 0.05) is 12.8 Å². The van der Waals surface area contributed by atoms with Gasteiger partial charge in [-0.05, 0) is 37.8 Å². The number of carbonyl (C=O) groups excluding carboxylic acids is 1. The molecule has 0 aromatic carbocycles. The molecule has 2 atom stereocenters. The molecule has 1 saturated heterocycles. The second-order valence-electron chi connectivity index (χ2n) is 5.12. The molecule has 20 heavy (non-hydrogen) atoms. The molecule has 0 spiro atoms. The van der Waals surface area contributed by atoms with Gasteiger partial charge >= 0.3 is 0 Å². The normalized spacial score (nSPS) is 22.4. The van der Waals surface area contributed by atoms with Gasteiger partial charge < -0.3 is 14.8 Å². The molecular weight excluding hydrogens is 256 g/mol. The fourth-order valence-electron chi connectivity index (χ4n) is 2.58. The predicted molar refractivity (Wildman–Crippen MR) is 76.9 cm³/mol. The molecule has 2 heterocycles. The Kier molecular flexibility index (Phi) is 4.95. The molecule has 5 nitrogen and oxygen atoms in total. The van der Waals surface area contributed by atoms with Crippen LogP contribution in [0.1, 0.15) is 31.7 Å². The van der Waals surface area contributed by atoms with Gasteiger partial charge in [-0.15, -0.1) is 0 Å². The maximum absolute atomic E-state index is 12.4. The van der Waals surface area contributed by atoms with E-state index in [2.05, 4.69) is 10.3 Å². The lowest BCUT2D eigenvalue weighted by Crippen LogP contribution is -2.37. The Labute approximate surface area is 119 Å². The number of aromatic nitrogens is 1. The van der Waals surface area contributed by atoms with Crippen LogP contribution in [0, 0.1) is 12.8 Å². The molecule has 1 fully saturated rings. The van der Waals surface area contributed by atoms with E-state index >= 15 is 0 Å². The van der Waals surface area contributed by atoms with E-state index in [1.54, 1.807) is 13.3 Å². The summed E-state index contributed by atoms with van der Waals surface area (Å²) in [5.74, 6) is 0.329. The lowest BCUT2D eigenvalue weighted by molar-refractivity contribution is -0.129. The van der Waals surface area contributed by atoms with Gasteiger partial charge in [-0.1, -0.05) is 6.92 Å². The van der Waals surface area contributed by atoms with Crippen LogP contribution in [-0.4, -0.2) is 30.7 Å². The van der Waals surface area contributed by atoms with E-state index in [0.29, 0.717) is 11.6 Å². The Morgan fingerprint density at radius 1 is 1.60 bits per heavy atom. The van der Waals surface area contributed by atoms with Crippen LogP contribution in [0.15, 0.2) is 12.3 Å². The Bertz CT molecular complexity index is 476. The molecule has 0 radical (unpaired) electrons. The van der Waals surface area contributed by atoms with E-state index in [0.717, 1.165) is 31.4 Å². The van der Waals surface area contributed by atoms with Crippen LogP contribution < -0.4 is 10.1 Å². The summed E-state index contributed by atoms with van der Waals surface area (Å²) in [5, 5.41) is 2.93. The lowest BCUT2D eigenvalue weighted by atomic mass is 9.92. The third kappa shape index (κ3) is 3.28. The average molecular weight is 278 g/mol. The molecule has 110 valence electrons. The topological polar surface area (TPSA) is 60.5 Å². The Morgan fingerprint density at radius 3 is 3.10 bits per heavy atom. The highest BCUT2D eigenvalue weighted by Crippen LogP contribution is 2.27. The molecule has 1 amide bonds. The number of rotatable bonds is 4. The van der Waals surface area contributed by atoms with Gasteiger partial charge in [0.05, 0.1) is 19.1 Å². The van der Waals surface area contributed by atoms with Crippen molar-refractivity contribution >= 4 is 11.6 Å². The zero-order valence-corrected chi connectivity index (χ0v) is 12.3. The first-order valence-corrected chi connectivity index (χ1v) is 7.08. The first-order valence-electron chi connectivity index (χ1n) is 7.08. The molecule has 5 heteroatoms. The Morgan fingerprint density at radius 2 is 2.40 bits per heavy atom. The summed E-state index contributed by atoms with van der Waals surface area (Å²) < 4.78 is 10.9. The van der Waals surface area contributed by atoms with Crippen LogP contribution in [0.4, 0.5) is 5.69 Å². The number of ether oxygens (including phenoxy) is 2. The predicted octanol–water partition coefficient (Wildman–Crippen LogP) is 2.54. The van der Waals surface area contributed by atoms with Crippen molar-refractivity contribution in [2.45, 2.75) is 39.2 Å². The number of amides is 1. The molecule has 1 aromatic rings. The van der Waals surface area contributed by atoms with Crippen LogP contribution in [0.2, 0.25) is 0 Å².